The molecule has 6 nitrogen and oxygen atoms in total. The largest absolute Gasteiger partial charge is 0.494 e. The van der Waals surface area contributed by atoms with Gasteiger partial charge in [0.05, 0.1) is 18.9 Å². The molecule has 1 aromatic heterocycles. The number of carbonyl (C=O) groups is 2. The lowest BCUT2D eigenvalue weighted by Crippen LogP contribution is -2.14. The molecule has 0 aliphatic carbocycles. The Hall–Kier alpha value is -4.06. The van der Waals surface area contributed by atoms with Crippen LogP contribution < -0.4 is 14.8 Å². The summed E-state index contributed by atoms with van der Waals surface area (Å²) in [5.74, 6) is 0.839. The smallest absolute Gasteiger partial charge is 0.255 e. The number of ketones is 1. The van der Waals surface area contributed by atoms with Crippen LogP contribution >= 0.6 is 0 Å². The first-order valence-corrected chi connectivity index (χ1v) is 12.9. The highest BCUT2D eigenvalue weighted by atomic mass is 16.5. The van der Waals surface area contributed by atoms with Gasteiger partial charge in [-0.15, -0.1) is 0 Å². The molecule has 1 heterocycles. The minimum atomic E-state index is -0.335. The second-order valence-electron chi connectivity index (χ2n) is 8.83. The van der Waals surface area contributed by atoms with Crippen molar-refractivity contribution < 1.29 is 23.5 Å². The fraction of sp³-hybridized carbons (Fsp3) is 0.290. The number of hydrogen-bond donors (Lipinski definition) is 1. The Morgan fingerprint density at radius 1 is 0.757 bits per heavy atom. The van der Waals surface area contributed by atoms with Gasteiger partial charge < -0.3 is 19.2 Å². The van der Waals surface area contributed by atoms with Crippen molar-refractivity contribution >= 4 is 28.3 Å². The number of ether oxygens (including phenoxy) is 2. The molecule has 6 heteroatoms. The highest BCUT2D eigenvalue weighted by Crippen LogP contribution is 2.33. The topological polar surface area (TPSA) is 77.8 Å². The van der Waals surface area contributed by atoms with Crippen LogP contribution in [-0.2, 0) is 0 Å². The zero-order valence-corrected chi connectivity index (χ0v) is 21.4. The molecule has 37 heavy (non-hydrogen) atoms. The molecule has 0 aliphatic rings. The Labute approximate surface area is 217 Å². The Kier molecular flexibility index (Phi) is 8.98. The minimum absolute atomic E-state index is 0.0849. The van der Waals surface area contributed by atoms with Crippen molar-refractivity contribution in [2.75, 3.05) is 18.5 Å². The van der Waals surface area contributed by atoms with Crippen LogP contribution in [0.25, 0.3) is 11.0 Å². The van der Waals surface area contributed by atoms with Crippen molar-refractivity contribution in [3.8, 4) is 11.5 Å². The molecule has 0 aliphatic heterocycles. The van der Waals surface area contributed by atoms with E-state index in [0.29, 0.717) is 46.7 Å². The average Bonchev–Trinajstić information content (AvgIpc) is 3.29. The van der Waals surface area contributed by atoms with E-state index in [1.807, 2.05) is 25.1 Å². The lowest BCUT2D eigenvalue weighted by atomic mass is 10.1. The third-order valence-electron chi connectivity index (χ3n) is 6.10. The molecule has 192 valence electrons. The number of nitrogens with one attached hydrogen (secondary N) is 1. The fourth-order valence-electron chi connectivity index (χ4n) is 4.11. The summed E-state index contributed by atoms with van der Waals surface area (Å²) < 4.78 is 17.2. The molecule has 0 radical (unpaired) electrons. The summed E-state index contributed by atoms with van der Waals surface area (Å²) in [6.45, 7) is 5.30. The van der Waals surface area contributed by atoms with Crippen LogP contribution in [0.1, 0.15) is 72.4 Å². The van der Waals surface area contributed by atoms with Crippen molar-refractivity contribution in [1.29, 1.82) is 0 Å². The van der Waals surface area contributed by atoms with Gasteiger partial charge in [0.2, 0.25) is 5.78 Å². The molecule has 0 spiro atoms. The van der Waals surface area contributed by atoms with Gasteiger partial charge in [-0.25, -0.2) is 0 Å². The summed E-state index contributed by atoms with van der Waals surface area (Å²) in [5, 5.41) is 3.56. The Bertz CT molecular complexity index is 1320. The third kappa shape index (κ3) is 6.58. The van der Waals surface area contributed by atoms with Gasteiger partial charge in [-0.3, -0.25) is 9.59 Å². The van der Waals surface area contributed by atoms with E-state index in [9.17, 15) is 9.59 Å². The van der Waals surface area contributed by atoms with Gasteiger partial charge in [-0.1, -0.05) is 44.7 Å². The van der Waals surface area contributed by atoms with E-state index in [1.165, 1.54) is 19.3 Å². The van der Waals surface area contributed by atoms with E-state index in [0.717, 1.165) is 18.6 Å². The monoisotopic (exact) mass is 499 g/mol. The summed E-state index contributed by atoms with van der Waals surface area (Å²) in [6, 6.07) is 21.1. The van der Waals surface area contributed by atoms with Crippen molar-refractivity contribution in [3.63, 3.8) is 0 Å². The first-order chi connectivity index (χ1) is 18.1. The van der Waals surface area contributed by atoms with E-state index in [1.54, 1.807) is 54.6 Å². The third-order valence-corrected chi connectivity index (χ3v) is 6.10. The second-order valence-corrected chi connectivity index (χ2v) is 8.83. The van der Waals surface area contributed by atoms with Gasteiger partial charge in [-0.2, -0.15) is 0 Å². The predicted molar refractivity (Wildman–Crippen MR) is 146 cm³/mol. The highest BCUT2D eigenvalue weighted by molar-refractivity contribution is 6.18. The number of benzene rings is 3. The van der Waals surface area contributed by atoms with Crippen LogP contribution in [0.4, 0.5) is 5.69 Å². The maximum absolute atomic E-state index is 13.3. The van der Waals surface area contributed by atoms with Crippen LogP contribution in [0.3, 0.4) is 0 Å². The van der Waals surface area contributed by atoms with Crippen LogP contribution in [0, 0.1) is 0 Å². The normalized spacial score (nSPS) is 10.9. The number of fused-ring (bicyclic) bond motifs is 1. The van der Waals surface area contributed by atoms with Crippen LogP contribution in [0.2, 0.25) is 0 Å². The average molecular weight is 500 g/mol. The SMILES string of the molecule is CCCCCCCOc1ccc(C(=O)Nc2c(C(=O)c3ccc(OCC)cc3)oc3ccccc23)cc1. The molecule has 0 fully saturated rings. The number of hydrogen-bond acceptors (Lipinski definition) is 5. The van der Waals surface area contributed by atoms with E-state index in [-0.39, 0.29) is 17.5 Å². The molecule has 0 unspecified atom stereocenters. The van der Waals surface area contributed by atoms with Crippen LogP contribution in [-0.4, -0.2) is 24.9 Å². The van der Waals surface area contributed by atoms with Gasteiger partial charge >= 0.3 is 0 Å². The molecular formula is C31H33NO5. The predicted octanol–water partition coefficient (Wildman–Crippen LogP) is 7.66. The van der Waals surface area contributed by atoms with E-state index < -0.39 is 0 Å². The Balaban J connectivity index is 1.49. The standard InChI is InChI=1S/C31H33NO5/c1-3-5-6-7-10-21-36-25-19-15-23(16-20-25)31(34)32-28-26-11-8-9-12-27(26)37-30(28)29(33)22-13-17-24(18-14-22)35-4-2/h8-9,11-20H,3-7,10,21H2,1-2H3,(H,32,34). The van der Waals surface area contributed by atoms with Gasteiger partial charge in [0.25, 0.3) is 5.91 Å². The van der Waals surface area contributed by atoms with Gasteiger partial charge in [-0.05, 0) is 74.0 Å². The van der Waals surface area contributed by atoms with Gasteiger partial charge in [0.15, 0.2) is 5.76 Å². The Morgan fingerprint density at radius 2 is 1.41 bits per heavy atom. The maximum Gasteiger partial charge on any atom is 0.255 e. The zero-order chi connectivity index (χ0) is 26.0. The first-order valence-electron chi connectivity index (χ1n) is 12.9. The van der Waals surface area contributed by atoms with Crippen LogP contribution in [0.15, 0.2) is 77.2 Å². The molecule has 0 bridgehead atoms. The van der Waals surface area contributed by atoms with Gasteiger partial charge in [0.1, 0.15) is 17.1 Å². The maximum atomic E-state index is 13.3. The van der Waals surface area contributed by atoms with E-state index in [2.05, 4.69) is 12.2 Å². The van der Waals surface area contributed by atoms with Gasteiger partial charge in [0, 0.05) is 16.5 Å². The molecule has 0 atom stereocenters. The number of furan rings is 1. The first kappa shape index (κ1) is 26.0. The zero-order valence-electron chi connectivity index (χ0n) is 21.4. The molecular weight excluding hydrogens is 466 g/mol. The summed E-state index contributed by atoms with van der Waals surface area (Å²) in [5.41, 5.74) is 1.77. The van der Waals surface area contributed by atoms with Crippen molar-refractivity contribution in [3.05, 3.63) is 89.7 Å². The summed E-state index contributed by atoms with van der Waals surface area (Å²) in [7, 11) is 0. The summed E-state index contributed by atoms with van der Waals surface area (Å²) >= 11 is 0. The number of unbranched alkanes of at least 4 members (excludes halogenated alkanes) is 4. The molecule has 3 aromatic carbocycles. The van der Waals surface area contributed by atoms with Crippen molar-refractivity contribution in [2.45, 2.75) is 46.0 Å². The lowest BCUT2D eigenvalue weighted by Gasteiger charge is -2.09. The fourth-order valence-corrected chi connectivity index (χ4v) is 4.11. The molecule has 4 rings (SSSR count). The summed E-state index contributed by atoms with van der Waals surface area (Å²) in [4.78, 5) is 26.5. The number of para-hydroxylation sites is 1. The number of anilines is 1. The second kappa shape index (κ2) is 12.8. The number of amides is 1. The Morgan fingerprint density at radius 3 is 2.11 bits per heavy atom. The quantitative estimate of drug-likeness (QED) is 0.151. The minimum Gasteiger partial charge on any atom is -0.494 e. The molecule has 0 saturated carbocycles. The van der Waals surface area contributed by atoms with Crippen LogP contribution in [0.5, 0.6) is 11.5 Å². The summed E-state index contributed by atoms with van der Waals surface area (Å²) in [6.07, 6.45) is 5.87. The highest BCUT2D eigenvalue weighted by Gasteiger charge is 2.24. The van der Waals surface area contributed by atoms with E-state index >= 15 is 0 Å². The lowest BCUT2D eigenvalue weighted by molar-refractivity contribution is 0.101. The van der Waals surface area contributed by atoms with Crippen molar-refractivity contribution in [2.24, 2.45) is 0 Å². The molecule has 4 aromatic rings. The number of carbonyl (C=O) groups excluding carboxylic acids is 2. The van der Waals surface area contributed by atoms with E-state index in [4.69, 9.17) is 13.9 Å². The molecule has 1 amide bonds. The number of rotatable bonds is 13. The molecule has 0 saturated heterocycles. The molecule has 1 N–H and O–H groups in total. The van der Waals surface area contributed by atoms with Crippen molar-refractivity contribution in [1.82, 2.24) is 0 Å².